The highest BCUT2D eigenvalue weighted by atomic mass is 19.4. The van der Waals surface area contributed by atoms with Crippen molar-refractivity contribution in [3.63, 3.8) is 0 Å². The molecule has 0 saturated carbocycles. The summed E-state index contributed by atoms with van der Waals surface area (Å²) in [5.74, 6) is 0.765. The lowest BCUT2D eigenvalue weighted by Gasteiger charge is -2.07. The Balaban J connectivity index is 1.49. The molecule has 0 saturated heterocycles. The van der Waals surface area contributed by atoms with E-state index in [-0.39, 0.29) is 11.9 Å². The first kappa shape index (κ1) is 19.4. The lowest BCUT2D eigenvalue weighted by atomic mass is 10.2. The third kappa shape index (κ3) is 4.24. The Morgan fingerprint density at radius 3 is 2.47 bits per heavy atom. The number of nitrogens with zero attached hydrogens (tertiary/aromatic N) is 5. The van der Waals surface area contributed by atoms with Gasteiger partial charge in [0.2, 0.25) is 0 Å². The molecular formula is C19H16F3N7O. The first-order chi connectivity index (χ1) is 14.4. The van der Waals surface area contributed by atoms with Gasteiger partial charge in [-0.15, -0.1) is 5.10 Å². The number of nitrogens with one attached hydrogen (secondary N) is 2. The standard InChI is InChI=1S/C19H16F3N7O/c1-29-11-25-16(24-10-12-6-8-23-9-7-12)15(29)17-27-28-18(30-17)26-14-4-2-13(3-5-14)19(20,21)22/h2-9,11,24H,10H2,1H3,(H,26,28). The van der Waals surface area contributed by atoms with Crippen LogP contribution < -0.4 is 10.6 Å². The fourth-order valence-corrected chi connectivity index (χ4v) is 2.73. The zero-order chi connectivity index (χ0) is 21.1. The van der Waals surface area contributed by atoms with E-state index in [4.69, 9.17) is 4.42 Å². The second-order valence-electron chi connectivity index (χ2n) is 6.37. The van der Waals surface area contributed by atoms with Gasteiger partial charge in [0.1, 0.15) is 5.69 Å². The van der Waals surface area contributed by atoms with E-state index in [1.165, 1.54) is 12.1 Å². The van der Waals surface area contributed by atoms with Gasteiger partial charge in [0.05, 0.1) is 11.9 Å². The lowest BCUT2D eigenvalue weighted by Crippen LogP contribution is -2.04. The van der Waals surface area contributed by atoms with Crippen molar-refractivity contribution in [1.29, 1.82) is 0 Å². The number of benzene rings is 1. The highest BCUT2D eigenvalue weighted by molar-refractivity contribution is 5.66. The van der Waals surface area contributed by atoms with Crippen LogP contribution in [-0.2, 0) is 19.8 Å². The molecule has 4 aromatic rings. The lowest BCUT2D eigenvalue weighted by molar-refractivity contribution is -0.137. The normalized spacial score (nSPS) is 11.5. The van der Waals surface area contributed by atoms with Crippen molar-refractivity contribution in [2.75, 3.05) is 10.6 Å². The van der Waals surface area contributed by atoms with Crippen LogP contribution in [0.3, 0.4) is 0 Å². The van der Waals surface area contributed by atoms with Gasteiger partial charge in [-0.1, -0.05) is 5.10 Å². The van der Waals surface area contributed by atoms with Gasteiger partial charge in [-0.25, -0.2) is 4.98 Å². The average molecular weight is 415 g/mol. The maximum absolute atomic E-state index is 12.7. The second kappa shape index (κ2) is 7.85. The van der Waals surface area contributed by atoms with Gasteiger partial charge in [0.15, 0.2) is 5.82 Å². The number of alkyl halides is 3. The molecule has 3 heterocycles. The molecule has 0 radical (unpaired) electrons. The summed E-state index contributed by atoms with van der Waals surface area (Å²) in [4.78, 5) is 8.29. The number of rotatable bonds is 6. The van der Waals surface area contributed by atoms with Crippen LogP contribution in [0.4, 0.5) is 30.7 Å². The summed E-state index contributed by atoms with van der Waals surface area (Å²) in [5.41, 5.74) is 1.26. The minimum Gasteiger partial charge on any atom is -0.401 e. The van der Waals surface area contributed by atoms with Crippen molar-refractivity contribution in [1.82, 2.24) is 24.7 Å². The van der Waals surface area contributed by atoms with Gasteiger partial charge in [-0.3, -0.25) is 4.98 Å². The van der Waals surface area contributed by atoms with E-state index in [0.717, 1.165) is 17.7 Å². The highest BCUT2D eigenvalue weighted by Gasteiger charge is 2.30. The van der Waals surface area contributed by atoms with Crippen LogP contribution in [0.15, 0.2) is 59.5 Å². The largest absolute Gasteiger partial charge is 0.416 e. The van der Waals surface area contributed by atoms with Crippen molar-refractivity contribution in [3.05, 3.63) is 66.2 Å². The molecule has 0 amide bonds. The average Bonchev–Trinajstić information content (AvgIpc) is 3.33. The third-order valence-electron chi connectivity index (χ3n) is 4.24. The SMILES string of the molecule is Cn1cnc(NCc2ccncc2)c1-c1nnc(Nc2ccc(C(F)(F)F)cc2)o1. The number of anilines is 3. The molecule has 0 bridgehead atoms. The van der Waals surface area contributed by atoms with Crippen LogP contribution in [0.2, 0.25) is 0 Å². The summed E-state index contributed by atoms with van der Waals surface area (Å²) in [5, 5.41) is 13.9. The predicted octanol–water partition coefficient (Wildman–Crippen LogP) is 4.24. The van der Waals surface area contributed by atoms with E-state index in [1.807, 2.05) is 12.1 Å². The molecule has 154 valence electrons. The minimum atomic E-state index is -4.39. The molecule has 11 heteroatoms. The summed E-state index contributed by atoms with van der Waals surface area (Å²) < 4.78 is 45.4. The van der Waals surface area contributed by atoms with Crippen LogP contribution in [0.1, 0.15) is 11.1 Å². The van der Waals surface area contributed by atoms with Crippen molar-refractivity contribution >= 4 is 17.5 Å². The van der Waals surface area contributed by atoms with Gasteiger partial charge in [0.25, 0.3) is 5.89 Å². The Labute approximate surface area is 168 Å². The third-order valence-corrected chi connectivity index (χ3v) is 4.24. The van der Waals surface area contributed by atoms with Crippen LogP contribution in [0.5, 0.6) is 0 Å². The second-order valence-corrected chi connectivity index (χ2v) is 6.37. The first-order valence-electron chi connectivity index (χ1n) is 8.82. The van der Waals surface area contributed by atoms with Gasteiger partial charge in [-0.2, -0.15) is 13.2 Å². The van der Waals surface area contributed by atoms with E-state index in [2.05, 4.69) is 30.8 Å². The van der Waals surface area contributed by atoms with Crippen molar-refractivity contribution < 1.29 is 17.6 Å². The number of aromatic nitrogens is 5. The Hall–Kier alpha value is -3.89. The number of pyridine rings is 1. The van der Waals surface area contributed by atoms with Gasteiger partial charge < -0.3 is 19.6 Å². The Bertz CT molecular complexity index is 1120. The maximum Gasteiger partial charge on any atom is 0.416 e. The molecule has 4 rings (SSSR count). The van der Waals surface area contributed by atoms with Gasteiger partial charge >= 0.3 is 12.2 Å². The Morgan fingerprint density at radius 1 is 1.03 bits per heavy atom. The Kier molecular flexibility index (Phi) is 5.09. The number of imidazole rings is 1. The minimum absolute atomic E-state index is 0.0473. The predicted molar refractivity (Wildman–Crippen MR) is 103 cm³/mol. The van der Waals surface area contributed by atoms with Crippen molar-refractivity contribution in [3.8, 4) is 11.6 Å². The van der Waals surface area contributed by atoms with Gasteiger partial charge in [0, 0.05) is 31.7 Å². The maximum atomic E-state index is 12.7. The fraction of sp³-hybridized carbons (Fsp3) is 0.158. The molecule has 3 aromatic heterocycles. The summed E-state index contributed by atoms with van der Waals surface area (Å²) in [6.45, 7) is 0.525. The smallest absolute Gasteiger partial charge is 0.401 e. The fourth-order valence-electron chi connectivity index (χ4n) is 2.73. The van der Waals surface area contributed by atoms with E-state index < -0.39 is 11.7 Å². The van der Waals surface area contributed by atoms with Crippen molar-refractivity contribution in [2.45, 2.75) is 12.7 Å². The summed E-state index contributed by atoms with van der Waals surface area (Å²) in [7, 11) is 1.78. The number of halogens is 3. The first-order valence-corrected chi connectivity index (χ1v) is 8.82. The number of aryl methyl sites for hydroxylation is 1. The molecule has 0 spiro atoms. The highest BCUT2D eigenvalue weighted by Crippen LogP contribution is 2.31. The molecular weight excluding hydrogens is 399 g/mol. The zero-order valence-electron chi connectivity index (χ0n) is 15.7. The molecule has 0 unspecified atom stereocenters. The summed E-state index contributed by atoms with van der Waals surface area (Å²) >= 11 is 0. The topological polar surface area (TPSA) is 93.7 Å². The molecule has 0 aliphatic rings. The number of hydrogen-bond donors (Lipinski definition) is 2. The summed E-state index contributed by atoms with van der Waals surface area (Å²) in [6.07, 6.45) is 0.619. The molecule has 30 heavy (non-hydrogen) atoms. The van der Waals surface area contributed by atoms with E-state index in [9.17, 15) is 13.2 Å². The quantitative estimate of drug-likeness (QED) is 0.486. The van der Waals surface area contributed by atoms with Crippen LogP contribution in [0, 0.1) is 0 Å². The van der Waals surface area contributed by atoms with Gasteiger partial charge in [-0.05, 0) is 42.0 Å². The molecule has 0 fully saturated rings. The molecule has 0 atom stereocenters. The Morgan fingerprint density at radius 2 is 1.77 bits per heavy atom. The molecule has 1 aromatic carbocycles. The molecule has 8 nitrogen and oxygen atoms in total. The number of hydrogen-bond acceptors (Lipinski definition) is 7. The monoisotopic (exact) mass is 415 g/mol. The van der Waals surface area contributed by atoms with Crippen molar-refractivity contribution in [2.24, 2.45) is 7.05 Å². The molecule has 2 N–H and O–H groups in total. The van der Waals surface area contributed by atoms with Crippen LogP contribution in [-0.4, -0.2) is 24.7 Å². The van der Waals surface area contributed by atoms with Crippen LogP contribution >= 0.6 is 0 Å². The van der Waals surface area contributed by atoms with E-state index >= 15 is 0 Å². The summed E-state index contributed by atoms with van der Waals surface area (Å²) in [6, 6.07) is 8.34. The van der Waals surface area contributed by atoms with Crippen LogP contribution in [0.25, 0.3) is 11.6 Å². The molecule has 0 aliphatic carbocycles. The molecule has 0 aliphatic heterocycles. The van der Waals surface area contributed by atoms with E-state index in [0.29, 0.717) is 23.7 Å². The van der Waals surface area contributed by atoms with E-state index in [1.54, 1.807) is 30.3 Å². The zero-order valence-corrected chi connectivity index (χ0v) is 15.7.